The van der Waals surface area contributed by atoms with Gasteiger partial charge in [0, 0.05) is 12.6 Å². The minimum Gasteiger partial charge on any atom is -0.471 e. The van der Waals surface area contributed by atoms with Crippen LogP contribution in [0.3, 0.4) is 0 Å². The average Bonchev–Trinajstić information content (AvgIpc) is 2.43. The van der Waals surface area contributed by atoms with Crippen molar-refractivity contribution in [2.75, 3.05) is 31.7 Å². The van der Waals surface area contributed by atoms with E-state index in [0.29, 0.717) is 19.0 Å². The molecule has 106 valence electrons. The number of rotatable bonds is 8. The van der Waals surface area contributed by atoms with Crippen LogP contribution in [0.5, 0.6) is 5.88 Å². The molecule has 0 radical (unpaired) electrons. The second-order valence-electron chi connectivity index (χ2n) is 3.80. The third-order valence-electron chi connectivity index (χ3n) is 2.73. The maximum Gasteiger partial charge on any atom is 0.331 e. The van der Waals surface area contributed by atoms with Gasteiger partial charge in [-0.1, -0.05) is 13.8 Å². The molecule has 0 atom stereocenters. The Kier molecular flexibility index (Phi) is 5.97. The second kappa shape index (κ2) is 7.49. The maximum atomic E-state index is 10.9. The lowest BCUT2D eigenvalue weighted by molar-refractivity contribution is -0.386. The monoisotopic (exact) mass is 269 g/mol. The molecular formula is C11H19N5O3. The fourth-order valence-corrected chi connectivity index (χ4v) is 1.57. The fourth-order valence-electron chi connectivity index (χ4n) is 1.57. The number of ether oxygens (including phenoxy) is 1. The first kappa shape index (κ1) is 15.1. The van der Waals surface area contributed by atoms with Crippen LogP contribution in [0.15, 0.2) is 12.1 Å². The summed E-state index contributed by atoms with van der Waals surface area (Å²) in [6.07, 6.45) is 0. The van der Waals surface area contributed by atoms with Gasteiger partial charge in [-0.15, -0.1) is 0 Å². The van der Waals surface area contributed by atoms with E-state index in [4.69, 9.17) is 10.6 Å². The first-order valence-corrected chi connectivity index (χ1v) is 6.09. The summed E-state index contributed by atoms with van der Waals surface area (Å²) in [4.78, 5) is 16.4. The molecule has 0 unspecified atom stereocenters. The standard InChI is InChI=1S/C11H19N5O3/c1-3-15(4-2)7-8-19-11-9(16(17)18)5-6-10(13-11)14-12/h5-6H,3-4,7-8,12H2,1-2H3,(H,13,14). The Bertz CT molecular complexity index is 423. The molecule has 8 nitrogen and oxygen atoms in total. The van der Waals surface area contributed by atoms with E-state index >= 15 is 0 Å². The van der Waals surface area contributed by atoms with Crippen LogP contribution < -0.4 is 16.0 Å². The molecule has 0 aliphatic rings. The lowest BCUT2D eigenvalue weighted by Gasteiger charge is -2.17. The average molecular weight is 269 g/mol. The molecule has 1 aromatic rings. The van der Waals surface area contributed by atoms with Crippen LogP contribution in [-0.4, -0.2) is 41.0 Å². The Labute approximate surface area is 111 Å². The zero-order valence-corrected chi connectivity index (χ0v) is 11.1. The highest BCUT2D eigenvalue weighted by atomic mass is 16.6. The van der Waals surface area contributed by atoms with Crippen LogP contribution in [-0.2, 0) is 0 Å². The van der Waals surface area contributed by atoms with Gasteiger partial charge in [0.25, 0.3) is 5.88 Å². The van der Waals surface area contributed by atoms with Crippen molar-refractivity contribution >= 4 is 11.5 Å². The van der Waals surface area contributed by atoms with Crippen molar-refractivity contribution in [1.29, 1.82) is 0 Å². The summed E-state index contributed by atoms with van der Waals surface area (Å²) in [5.74, 6) is 5.52. The predicted molar refractivity (Wildman–Crippen MR) is 72.0 cm³/mol. The van der Waals surface area contributed by atoms with Gasteiger partial charge in [0.05, 0.1) is 4.92 Å². The summed E-state index contributed by atoms with van der Waals surface area (Å²) in [6, 6.07) is 2.74. The Morgan fingerprint density at radius 3 is 2.68 bits per heavy atom. The maximum absolute atomic E-state index is 10.9. The summed E-state index contributed by atoms with van der Waals surface area (Å²) >= 11 is 0. The zero-order valence-electron chi connectivity index (χ0n) is 11.1. The van der Waals surface area contributed by atoms with Crippen LogP contribution in [0.4, 0.5) is 11.5 Å². The topological polar surface area (TPSA) is 107 Å². The Morgan fingerprint density at radius 2 is 2.16 bits per heavy atom. The summed E-state index contributed by atoms with van der Waals surface area (Å²) < 4.78 is 5.39. The van der Waals surface area contributed by atoms with E-state index in [1.807, 2.05) is 13.8 Å². The molecule has 0 aromatic carbocycles. The van der Waals surface area contributed by atoms with Crippen molar-refractivity contribution in [2.24, 2.45) is 5.84 Å². The number of hydrogen-bond acceptors (Lipinski definition) is 7. The number of hydrazine groups is 1. The lowest BCUT2D eigenvalue weighted by Crippen LogP contribution is -2.28. The number of nitrogens with two attached hydrogens (primary N) is 1. The van der Waals surface area contributed by atoms with Crippen molar-refractivity contribution < 1.29 is 9.66 Å². The predicted octanol–water partition coefficient (Wildman–Crippen LogP) is 0.996. The van der Waals surface area contributed by atoms with E-state index in [2.05, 4.69) is 15.3 Å². The molecular weight excluding hydrogens is 250 g/mol. The smallest absolute Gasteiger partial charge is 0.331 e. The first-order valence-electron chi connectivity index (χ1n) is 6.09. The van der Waals surface area contributed by atoms with Crippen LogP contribution in [0.2, 0.25) is 0 Å². The van der Waals surface area contributed by atoms with Gasteiger partial charge in [-0.3, -0.25) is 10.1 Å². The van der Waals surface area contributed by atoms with Crippen molar-refractivity contribution in [3.05, 3.63) is 22.2 Å². The molecule has 0 spiro atoms. The van der Waals surface area contributed by atoms with Crippen LogP contribution in [0, 0.1) is 10.1 Å². The van der Waals surface area contributed by atoms with Gasteiger partial charge in [0.2, 0.25) is 0 Å². The Hall–Kier alpha value is -1.93. The fraction of sp³-hybridized carbons (Fsp3) is 0.545. The third kappa shape index (κ3) is 4.34. The molecule has 3 N–H and O–H groups in total. The first-order chi connectivity index (χ1) is 9.12. The molecule has 0 aliphatic carbocycles. The second-order valence-corrected chi connectivity index (χ2v) is 3.80. The Morgan fingerprint density at radius 1 is 1.47 bits per heavy atom. The molecule has 8 heteroatoms. The number of aromatic nitrogens is 1. The van der Waals surface area contributed by atoms with E-state index < -0.39 is 4.92 Å². The van der Waals surface area contributed by atoms with E-state index in [1.54, 1.807) is 0 Å². The van der Waals surface area contributed by atoms with E-state index in [0.717, 1.165) is 13.1 Å². The van der Waals surface area contributed by atoms with Crippen molar-refractivity contribution in [2.45, 2.75) is 13.8 Å². The van der Waals surface area contributed by atoms with Gasteiger partial charge in [-0.05, 0) is 19.2 Å². The normalized spacial score (nSPS) is 10.5. The van der Waals surface area contributed by atoms with Gasteiger partial charge in [0.1, 0.15) is 12.4 Å². The van der Waals surface area contributed by atoms with Crippen molar-refractivity contribution in [1.82, 2.24) is 9.88 Å². The third-order valence-corrected chi connectivity index (χ3v) is 2.73. The number of nitrogen functional groups attached to an aromatic ring is 1. The minimum atomic E-state index is -0.528. The molecule has 0 saturated carbocycles. The van der Waals surface area contributed by atoms with Gasteiger partial charge in [0.15, 0.2) is 0 Å². The largest absolute Gasteiger partial charge is 0.471 e. The van der Waals surface area contributed by atoms with Crippen LogP contribution in [0.25, 0.3) is 0 Å². The molecule has 0 amide bonds. The van der Waals surface area contributed by atoms with Crippen molar-refractivity contribution in [3.8, 4) is 5.88 Å². The molecule has 0 bridgehead atoms. The van der Waals surface area contributed by atoms with E-state index in [1.165, 1.54) is 12.1 Å². The quantitative estimate of drug-likeness (QED) is 0.412. The number of nitro groups is 1. The number of anilines is 1. The molecule has 0 fully saturated rings. The SMILES string of the molecule is CCN(CC)CCOc1nc(NN)ccc1[N+](=O)[O-]. The van der Waals surface area contributed by atoms with Gasteiger partial charge < -0.3 is 15.1 Å². The van der Waals surface area contributed by atoms with Crippen molar-refractivity contribution in [3.63, 3.8) is 0 Å². The van der Waals surface area contributed by atoms with Crippen LogP contribution >= 0.6 is 0 Å². The van der Waals surface area contributed by atoms with Gasteiger partial charge in [-0.25, -0.2) is 5.84 Å². The van der Waals surface area contributed by atoms with Crippen LogP contribution in [0.1, 0.15) is 13.8 Å². The van der Waals surface area contributed by atoms with E-state index in [9.17, 15) is 10.1 Å². The van der Waals surface area contributed by atoms with Gasteiger partial charge >= 0.3 is 5.69 Å². The number of nitrogens with zero attached hydrogens (tertiary/aromatic N) is 3. The minimum absolute atomic E-state index is 0.0207. The number of likely N-dealkylation sites (N-methyl/N-ethyl adjacent to an activating group) is 1. The number of hydrogen-bond donors (Lipinski definition) is 2. The summed E-state index contributed by atoms with van der Waals surface area (Å²) in [5, 5.41) is 10.9. The molecule has 1 heterocycles. The van der Waals surface area contributed by atoms with E-state index in [-0.39, 0.29) is 11.6 Å². The lowest BCUT2D eigenvalue weighted by atomic mass is 10.4. The molecule has 19 heavy (non-hydrogen) atoms. The molecule has 0 saturated heterocycles. The molecule has 0 aliphatic heterocycles. The Balaban J connectivity index is 2.72. The summed E-state index contributed by atoms with van der Waals surface area (Å²) in [6.45, 7) is 6.92. The highest BCUT2D eigenvalue weighted by molar-refractivity contribution is 5.48. The molecule has 1 rings (SSSR count). The number of nitrogens with one attached hydrogen (secondary N) is 1. The number of pyridine rings is 1. The highest BCUT2D eigenvalue weighted by Gasteiger charge is 2.17. The van der Waals surface area contributed by atoms with Gasteiger partial charge in [-0.2, -0.15) is 4.98 Å². The summed E-state index contributed by atoms with van der Waals surface area (Å²) in [5.41, 5.74) is 2.16. The molecule has 1 aromatic heterocycles. The zero-order chi connectivity index (χ0) is 14.3. The summed E-state index contributed by atoms with van der Waals surface area (Å²) in [7, 11) is 0. The highest BCUT2D eigenvalue weighted by Crippen LogP contribution is 2.25.